The number of benzene rings is 3. The molecule has 1 aliphatic rings. The predicted octanol–water partition coefficient (Wildman–Crippen LogP) is 7.34. The molecule has 5 aromatic rings. The zero-order chi connectivity index (χ0) is 28.7. The number of ether oxygens (including phenoxy) is 1. The van der Waals surface area contributed by atoms with Crippen LogP contribution in [0.15, 0.2) is 77.7 Å². The van der Waals surface area contributed by atoms with Gasteiger partial charge >= 0.3 is 12.1 Å². The molecule has 206 valence electrons. The van der Waals surface area contributed by atoms with E-state index in [-0.39, 0.29) is 0 Å². The smallest absolute Gasteiger partial charge is 0.412 e. The SMILES string of the molecule is Cc1noc(-c2ccc(-c3ccc(C4(C(=O)O)CC4)cc3)c3ncncc23)c1NC(=O)OC(C)c1ccccc1Cl. The van der Waals surface area contributed by atoms with Gasteiger partial charge in [0.15, 0.2) is 5.76 Å². The molecule has 1 aliphatic carbocycles. The van der Waals surface area contributed by atoms with E-state index in [0.29, 0.717) is 57.0 Å². The lowest BCUT2D eigenvalue weighted by Crippen LogP contribution is -2.19. The number of halogens is 1. The number of rotatable bonds is 7. The minimum atomic E-state index is -0.790. The highest BCUT2D eigenvalue weighted by Gasteiger charge is 2.51. The van der Waals surface area contributed by atoms with Crippen molar-refractivity contribution in [3.05, 3.63) is 95.0 Å². The lowest BCUT2D eigenvalue weighted by molar-refractivity contribution is -0.140. The minimum Gasteiger partial charge on any atom is -0.481 e. The number of aliphatic carboxylic acids is 1. The number of anilines is 1. The van der Waals surface area contributed by atoms with Gasteiger partial charge in [-0.25, -0.2) is 14.8 Å². The number of nitrogens with one attached hydrogen (secondary N) is 1. The molecule has 1 unspecified atom stereocenters. The van der Waals surface area contributed by atoms with Crippen molar-refractivity contribution in [2.75, 3.05) is 5.32 Å². The fraction of sp³-hybridized carbons (Fsp3) is 0.194. The van der Waals surface area contributed by atoms with Crippen LogP contribution in [-0.2, 0) is 14.9 Å². The minimum absolute atomic E-state index is 0.337. The molecule has 1 saturated carbocycles. The summed E-state index contributed by atoms with van der Waals surface area (Å²) in [6.45, 7) is 3.46. The summed E-state index contributed by atoms with van der Waals surface area (Å²) in [6.07, 6.45) is 3.16. The van der Waals surface area contributed by atoms with E-state index in [1.165, 1.54) is 6.33 Å². The molecule has 2 heterocycles. The maximum atomic E-state index is 12.9. The highest BCUT2D eigenvalue weighted by Crippen LogP contribution is 2.49. The molecule has 1 amide bonds. The molecule has 0 spiro atoms. The van der Waals surface area contributed by atoms with Crippen LogP contribution in [0, 0.1) is 6.92 Å². The van der Waals surface area contributed by atoms with Crippen molar-refractivity contribution < 1.29 is 24.0 Å². The molecule has 9 nitrogen and oxygen atoms in total. The average molecular weight is 569 g/mol. The molecular formula is C31H25ClN4O5. The molecule has 1 fully saturated rings. The van der Waals surface area contributed by atoms with E-state index in [1.807, 2.05) is 48.5 Å². The first-order valence-corrected chi connectivity index (χ1v) is 13.4. The molecule has 2 N–H and O–H groups in total. The van der Waals surface area contributed by atoms with E-state index >= 15 is 0 Å². The van der Waals surface area contributed by atoms with Crippen LogP contribution in [-0.4, -0.2) is 32.3 Å². The van der Waals surface area contributed by atoms with E-state index in [0.717, 1.165) is 16.7 Å². The Hall–Kier alpha value is -4.76. The van der Waals surface area contributed by atoms with Gasteiger partial charge in [-0.2, -0.15) is 0 Å². The zero-order valence-electron chi connectivity index (χ0n) is 22.2. The highest BCUT2D eigenvalue weighted by molar-refractivity contribution is 6.31. The maximum Gasteiger partial charge on any atom is 0.412 e. The van der Waals surface area contributed by atoms with E-state index in [9.17, 15) is 14.7 Å². The fourth-order valence-corrected chi connectivity index (χ4v) is 5.38. The molecule has 2 aromatic heterocycles. The molecule has 10 heteroatoms. The Morgan fingerprint density at radius 2 is 1.80 bits per heavy atom. The number of fused-ring (bicyclic) bond motifs is 1. The van der Waals surface area contributed by atoms with Gasteiger partial charge in [-0.05, 0) is 49.9 Å². The maximum absolute atomic E-state index is 12.9. The Kier molecular flexibility index (Phi) is 6.67. The third kappa shape index (κ3) is 4.78. The molecule has 1 atom stereocenters. The van der Waals surface area contributed by atoms with Crippen molar-refractivity contribution in [3.63, 3.8) is 0 Å². The first-order valence-electron chi connectivity index (χ1n) is 13.0. The molecule has 0 bridgehead atoms. The van der Waals surface area contributed by atoms with E-state index in [4.69, 9.17) is 20.9 Å². The molecule has 0 saturated heterocycles. The normalized spacial score (nSPS) is 14.4. The summed E-state index contributed by atoms with van der Waals surface area (Å²) in [4.78, 5) is 33.4. The van der Waals surface area contributed by atoms with Gasteiger partial charge in [-0.15, -0.1) is 0 Å². The number of hydrogen-bond acceptors (Lipinski definition) is 7. The third-order valence-corrected chi connectivity index (χ3v) is 7.89. The fourth-order valence-electron chi connectivity index (χ4n) is 5.09. The molecule has 6 rings (SSSR count). The van der Waals surface area contributed by atoms with Crippen molar-refractivity contribution in [2.24, 2.45) is 0 Å². The molecule has 0 aliphatic heterocycles. The van der Waals surface area contributed by atoms with Crippen LogP contribution in [0.4, 0.5) is 10.5 Å². The Bertz CT molecular complexity index is 1800. The number of aromatic nitrogens is 3. The van der Waals surface area contributed by atoms with Gasteiger partial charge in [0, 0.05) is 33.3 Å². The highest BCUT2D eigenvalue weighted by atomic mass is 35.5. The summed E-state index contributed by atoms with van der Waals surface area (Å²) < 4.78 is 11.3. The van der Waals surface area contributed by atoms with Gasteiger partial charge in [0.1, 0.15) is 23.8 Å². The summed E-state index contributed by atoms with van der Waals surface area (Å²) in [5.41, 5.74) is 4.59. The third-order valence-electron chi connectivity index (χ3n) is 7.54. The lowest BCUT2D eigenvalue weighted by atomic mass is 9.92. The van der Waals surface area contributed by atoms with Crippen LogP contribution in [0.5, 0.6) is 0 Å². The topological polar surface area (TPSA) is 127 Å². The zero-order valence-corrected chi connectivity index (χ0v) is 23.0. The molecule has 41 heavy (non-hydrogen) atoms. The summed E-state index contributed by atoms with van der Waals surface area (Å²) in [6, 6.07) is 18.5. The second-order valence-corrected chi connectivity index (χ2v) is 10.5. The number of carbonyl (C=O) groups is 2. The van der Waals surface area contributed by atoms with Crippen LogP contribution < -0.4 is 5.32 Å². The number of aryl methyl sites for hydroxylation is 1. The summed E-state index contributed by atoms with van der Waals surface area (Å²) in [5.74, 6) is -0.453. The van der Waals surface area contributed by atoms with Crippen molar-refractivity contribution in [3.8, 4) is 22.5 Å². The number of carboxylic acid groups (broad SMARTS) is 1. The monoisotopic (exact) mass is 568 g/mol. The van der Waals surface area contributed by atoms with Crippen LogP contribution in [0.25, 0.3) is 33.4 Å². The van der Waals surface area contributed by atoms with Gasteiger partial charge in [0.2, 0.25) is 0 Å². The van der Waals surface area contributed by atoms with E-state index in [2.05, 4.69) is 20.4 Å². The van der Waals surface area contributed by atoms with Crippen molar-refractivity contribution in [2.45, 2.75) is 38.2 Å². The van der Waals surface area contributed by atoms with Gasteiger partial charge in [0.25, 0.3) is 0 Å². The Morgan fingerprint density at radius 1 is 1.07 bits per heavy atom. The second kappa shape index (κ2) is 10.3. The van der Waals surface area contributed by atoms with Gasteiger partial charge < -0.3 is 14.4 Å². The van der Waals surface area contributed by atoms with Gasteiger partial charge in [-0.3, -0.25) is 10.1 Å². The van der Waals surface area contributed by atoms with Crippen molar-refractivity contribution in [1.82, 2.24) is 15.1 Å². The predicted molar refractivity (Wildman–Crippen MR) is 154 cm³/mol. The average Bonchev–Trinajstić information content (AvgIpc) is 3.72. The number of carboxylic acids is 1. The van der Waals surface area contributed by atoms with Crippen LogP contribution in [0.3, 0.4) is 0 Å². The van der Waals surface area contributed by atoms with Crippen LogP contribution in [0.2, 0.25) is 5.02 Å². The van der Waals surface area contributed by atoms with Gasteiger partial charge in [0.05, 0.1) is 10.9 Å². The van der Waals surface area contributed by atoms with Crippen molar-refractivity contribution >= 4 is 40.3 Å². The molecule has 0 radical (unpaired) electrons. The first-order chi connectivity index (χ1) is 19.8. The number of nitrogens with zero attached hydrogens (tertiary/aromatic N) is 3. The van der Waals surface area contributed by atoms with Gasteiger partial charge in [-0.1, -0.05) is 65.3 Å². The second-order valence-electron chi connectivity index (χ2n) is 10.1. The van der Waals surface area contributed by atoms with Crippen molar-refractivity contribution in [1.29, 1.82) is 0 Å². The largest absolute Gasteiger partial charge is 0.481 e. The van der Waals surface area contributed by atoms with Crippen LogP contribution in [0.1, 0.15) is 42.7 Å². The van der Waals surface area contributed by atoms with E-state index < -0.39 is 23.6 Å². The first kappa shape index (κ1) is 26.5. The lowest BCUT2D eigenvalue weighted by Gasteiger charge is -2.16. The number of amides is 1. The summed E-state index contributed by atoms with van der Waals surface area (Å²) in [7, 11) is 0. The summed E-state index contributed by atoms with van der Waals surface area (Å²) >= 11 is 6.26. The quantitative estimate of drug-likeness (QED) is 0.209. The number of hydrogen-bond donors (Lipinski definition) is 2. The Morgan fingerprint density at radius 3 is 2.51 bits per heavy atom. The Labute approximate surface area is 240 Å². The Balaban J connectivity index is 1.31. The van der Waals surface area contributed by atoms with Crippen LogP contribution >= 0.6 is 11.6 Å². The standard InChI is InChI=1S/C31H25ClN4O5/c1-17-26(35-30(39)40-18(2)21-5-3-4-6-25(21)32)28(41-36-17)23-12-11-22(27-24(23)15-33-16-34-27)19-7-9-20(10-8-19)31(13-14-31)29(37)38/h3-12,15-16,18H,13-14H2,1-2H3,(H,35,39)(H,37,38). The molecule has 3 aromatic carbocycles. The summed E-state index contributed by atoms with van der Waals surface area (Å²) in [5, 5.41) is 17.7. The number of carbonyl (C=O) groups excluding carboxylic acids is 1. The molecular weight excluding hydrogens is 544 g/mol. The van der Waals surface area contributed by atoms with E-state index in [1.54, 1.807) is 32.2 Å².